The van der Waals surface area contributed by atoms with Crippen LogP contribution in [0.15, 0.2) is 36.4 Å². The highest BCUT2D eigenvalue weighted by Gasteiger charge is 2.30. The largest absolute Gasteiger partial charge is 0.416 e. The summed E-state index contributed by atoms with van der Waals surface area (Å²) in [5.41, 5.74) is -0.296. The second-order valence-corrected chi connectivity index (χ2v) is 3.85. The van der Waals surface area contributed by atoms with Crippen LogP contribution in [0.5, 0.6) is 0 Å². The number of carbonyl (C=O) groups is 1. The van der Waals surface area contributed by atoms with Gasteiger partial charge in [-0.3, -0.25) is 4.79 Å². The maximum absolute atomic E-state index is 12.5. The van der Waals surface area contributed by atoms with Gasteiger partial charge in [0.05, 0.1) is 11.6 Å². The van der Waals surface area contributed by atoms with E-state index in [2.05, 4.69) is 5.32 Å². The van der Waals surface area contributed by atoms with Crippen LogP contribution in [0.25, 0.3) is 0 Å². The molecule has 0 aromatic heterocycles. The average Bonchev–Trinajstić information content (AvgIpc) is 2.28. The molecule has 0 unspecified atom stereocenters. The molecular weight excluding hydrogens is 243 g/mol. The van der Waals surface area contributed by atoms with Gasteiger partial charge >= 0.3 is 6.18 Å². The van der Waals surface area contributed by atoms with Crippen LogP contribution >= 0.6 is 0 Å². The second-order valence-electron chi connectivity index (χ2n) is 3.85. The Bertz CT molecular complexity index is 452. The van der Waals surface area contributed by atoms with E-state index in [0.717, 1.165) is 12.1 Å². The van der Waals surface area contributed by atoms with E-state index in [9.17, 15) is 18.0 Å². The zero-order valence-electron chi connectivity index (χ0n) is 10.1. The van der Waals surface area contributed by atoms with Crippen LogP contribution in [-0.2, 0) is 11.0 Å². The Hall–Kier alpha value is -1.78. The van der Waals surface area contributed by atoms with Gasteiger partial charge < -0.3 is 5.32 Å². The monoisotopic (exact) mass is 257 g/mol. The first kappa shape index (κ1) is 14.3. The Morgan fingerprint density at radius 1 is 1.39 bits per heavy atom. The molecule has 0 saturated heterocycles. The van der Waals surface area contributed by atoms with Crippen molar-refractivity contribution in [3.05, 3.63) is 47.5 Å². The summed E-state index contributed by atoms with van der Waals surface area (Å²) in [6.45, 7) is 3.32. The number of halogens is 3. The lowest BCUT2D eigenvalue weighted by atomic mass is 10.0. The van der Waals surface area contributed by atoms with Crippen molar-refractivity contribution in [2.75, 3.05) is 0 Å². The van der Waals surface area contributed by atoms with E-state index in [0.29, 0.717) is 5.56 Å². The normalized spacial score (nSPS) is 13.6. The summed E-state index contributed by atoms with van der Waals surface area (Å²) in [7, 11) is 0. The molecule has 1 N–H and O–H groups in total. The number of hydrogen-bond acceptors (Lipinski definition) is 1. The first-order valence-corrected chi connectivity index (χ1v) is 5.45. The number of amides is 1. The van der Waals surface area contributed by atoms with Crippen LogP contribution in [0.1, 0.15) is 31.0 Å². The van der Waals surface area contributed by atoms with Crippen molar-refractivity contribution in [3.63, 3.8) is 0 Å². The number of hydrogen-bond donors (Lipinski definition) is 1. The van der Waals surface area contributed by atoms with Crippen molar-refractivity contribution >= 4 is 5.91 Å². The van der Waals surface area contributed by atoms with Gasteiger partial charge in [0.25, 0.3) is 0 Å². The molecule has 0 aliphatic rings. The van der Waals surface area contributed by atoms with E-state index in [1.807, 2.05) is 0 Å². The third-order valence-corrected chi connectivity index (χ3v) is 2.39. The topological polar surface area (TPSA) is 29.1 Å². The van der Waals surface area contributed by atoms with Gasteiger partial charge in [-0.1, -0.05) is 18.2 Å². The third-order valence-electron chi connectivity index (χ3n) is 2.39. The summed E-state index contributed by atoms with van der Waals surface area (Å²) in [5.74, 6) is -0.331. The molecule has 98 valence electrons. The van der Waals surface area contributed by atoms with Gasteiger partial charge in [-0.05, 0) is 37.6 Å². The van der Waals surface area contributed by atoms with Crippen molar-refractivity contribution in [1.29, 1.82) is 0 Å². The number of allylic oxidation sites excluding steroid dienone is 1. The Morgan fingerprint density at radius 2 is 2.06 bits per heavy atom. The quantitative estimate of drug-likeness (QED) is 0.825. The van der Waals surface area contributed by atoms with Gasteiger partial charge in [0, 0.05) is 0 Å². The molecule has 1 aromatic rings. The predicted octanol–water partition coefficient (Wildman–Crippen LogP) is 3.46. The van der Waals surface area contributed by atoms with Crippen LogP contribution in [0.3, 0.4) is 0 Å². The predicted molar refractivity (Wildman–Crippen MR) is 62.8 cm³/mol. The van der Waals surface area contributed by atoms with E-state index in [1.54, 1.807) is 26.0 Å². The summed E-state index contributed by atoms with van der Waals surface area (Å²) in [6, 6.07) is 4.45. The molecular formula is C13H14F3NO. The zero-order chi connectivity index (χ0) is 13.8. The lowest BCUT2D eigenvalue weighted by Gasteiger charge is -2.15. The van der Waals surface area contributed by atoms with Crippen LogP contribution in [-0.4, -0.2) is 5.91 Å². The Balaban J connectivity index is 2.87. The molecule has 0 aliphatic heterocycles. The summed E-state index contributed by atoms with van der Waals surface area (Å²) in [5, 5.41) is 2.58. The van der Waals surface area contributed by atoms with Crippen molar-refractivity contribution in [3.8, 4) is 0 Å². The van der Waals surface area contributed by atoms with E-state index >= 15 is 0 Å². The third kappa shape index (κ3) is 3.91. The first-order valence-electron chi connectivity index (χ1n) is 5.45. The fourth-order valence-electron chi connectivity index (χ4n) is 1.48. The van der Waals surface area contributed by atoms with Crippen LogP contribution in [0.2, 0.25) is 0 Å². The fraction of sp³-hybridized carbons (Fsp3) is 0.308. The number of alkyl halides is 3. The first-order chi connectivity index (χ1) is 8.34. The maximum Gasteiger partial charge on any atom is 0.416 e. The van der Waals surface area contributed by atoms with Crippen LogP contribution < -0.4 is 5.32 Å². The summed E-state index contributed by atoms with van der Waals surface area (Å²) < 4.78 is 37.5. The molecule has 0 aliphatic carbocycles. The van der Waals surface area contributed by atoms with Gasteiger partial charge in [-0.25, -0.2) is 0 Å². The molecule has 2 nitrogen and oxygen atoms in total. The molecule has 1 atom stereocenters. The Labute approximate surface area is 104 Å². The van der Waals surface area contributed by atoms with Gasteiger partial charge in [0.2, 0.25) is 5.91 Å². The standard InChI is InChI=1S/C13H14F3NO/c1-3-5-12(18)17-9(2)10-6-4-7-11(8-10)13(14,15)16/h3-9H,1-2H3,(H,17,18)/b5-3+/t9-/m1/s1. The number of benzene rings is 1. The van der Waals surface area contributed by atoms with Crippen LogP contribution in [0.4, 0.5) is 13.2 Å². The fourth-order valence-corrected chi connectivity index (χ4v) is 1.48. The molecule has 0 heterocycles. The minimum absolute atomic E-state index is 0.331. The highest BCUT2D eigenvalue weighted by Crippen LogP contribution is 2.30. The zero-order valence-corrected chi connectivity index (χ0v) is 10.1. The van der Waals surface area contributed by atoms with Crippen molar-refractivity contribution in [2.45, 2.75) is 26.1 Å². The Kier molecular flexibility index (Phi) is 4.53. The molecule has 1 aromatic carbocycles. The van der Waals surface area contributed by atoms with Crippen LogP contribution in [0, 0.1) is 0 Å². The Morgan fingerprint density at radius 3 is 2.61 bits per heavy atom. The van der Waals surface area contributed by atoms with Gasteiger partial charge in [-0.2, -0.15) is 13.2 Å². The lowest BCUT2D eigenvalue weighted by molar-refractivity contribution is -0.137. The maximum atomic E-state index is 12.5. The summed E-state index contributed by atoms with van der Waals surface area (Å²) in [6.07, 6.45) is -1.48. The highest BCUT2D eigenvalue weighted by molar-refractivity contribution is 5.87. The minimum atomic E-state index is -4.37. The number of nitrogens with one attached hydrogen (secondary N) is 1. The van der Waals surface area contributed by atoms with Gasteiger partial charge in [-0.15, -0.1) is 0 Å². The lowest BCUT2D eigenvalue weighted by Crippen LogP contribution is -2.24. The summed E-state index contributed by atoms with van der Waals surface area (Å²) in [4.78, 5) is 11.3. The molecule has 0 bridgehead atoms. The number of rotatable bonds is 3. The molecule has 0 spiro atoms. The average molecular weight is 257 g/mol. The van der Waals surface area contributed by atoms with E-state index in [4.69, 9.17) is 0 Å². The molecule has 5 heteroatoms. The molecule has 0 radical (unpaired) electrons. The van der Waals surface area contributed by atoms with Gasteiger partial charge in [0.15, 0.2) is 0 Å². The van der Waals surface area contributed by atoms with Crippen molar-refractivity contribution in [2.24, 2.45) is 0 Å². The number of carbonyl (C=O) groups excluding carboxylic acids is 1. The van der Waals surface area contributed by atoms with E-state index in [-0.39, 0.29) is 5.91 Å². The van der Waals surface area contributed by atoms with E-state index < -0.39 is 17.8 Å². The van der Waals surface area contributed by atoms with Crippen molar-refractivity contribution in [1.82, 2.24) is 5.32 Å². The van der Waals surface area contributed by atoms with Crippen molar-refractivity contribution < 1.29 is 18.0 Å². The molecule has 1 rings (SSSR count). The highest BCUT2D eigenvalue weighted by atomic mass is 19.4. The van der Waals surface area contributed by atoms with Gasteiger partial charge in [0.1, 0.15) is 0 Å². The molecule has 0 saturated carbocycles. The SMILES string of the molecule is C/C=C/C(=O)N[C@H](C)c1cccc(C(F)(F)F)c1. The summed E-state index contributed by atoms with van der Waals surface area (Å²) >= 11 is 0. The molecule has 1 amide bonds. The smallest absolute Gasteiger partial charge is 0.346 e. The molecule has 0 fully saturated rings. The van der Waals surface area contributed by atoms with E-state index in [1.165, 1.54) is 12.1 Å². The minimum Gasteiger partial charge on any atom is -0.346 e. The second kappa shape index (κ2) is 5.71. The molecule has 18 heavy (non-hydrogen) atoms.